The lowest BCUT2D eigenvalue weighted by Gasteiger charge is -2.05. The normalized spacial score (nSPS) is 9.69. The maximum absolute atomic E-state index is 11.6. The van der Waals surface area contributed by atoms with Gasteiger partial charge in [0.1, 0.15) is 6.54 Å². The van der Waals surface area contributed by atoms with Crippen LogP contribution >= 0.6 is 11.6 Å². The van der Waals surface area contributed by atoms with E-state index in [0.717, 1.165) is 5.56 Å². The second kappa shape index (κ2) is 5.51. The number of rotatable bonds is 3. The van der Waals surface area contributed by atoms with Gasteiger partial charge < -0.3 is 10.1 Å². The van der Waals surface area contributed by atoms with Crippen molar-refractivity contribution in [2.45, 2.75) is 6.92 Å². The minimum Gasteiger partial charge on any atom is -0.468 e. The molecule has 0 bridgehead atoms. The SMILES string of the molecule is COC(=O)CNC(=O)c1cc(C)cc(Cl)c1. The molecule has 1 aromatic carbocycles. The highest BCUT2D eigenvalue weighted by atomic mass is 35.5. The van der Waals surface area contributed by atoms with Gasteiger partial charge in [0.2, 0.25) is 0 Å². The summed E-state index contributed by atoms with van der Waals surface area (Å²) in [5.74, 6) is -0.844. The fraction of sp³-hybridized carbons (Fsp3) is 0.273. The number of ether oxygens (including phenoxy) is 1. The Hall–Kier alpha value is -1.55. The smallest absolute Gasteiger partial charge is 0.325 e. The highest BCUT2D eigenvalue weighted by molar-refractivity contribution is 6.31. The lowest BCUT2D eigenvalue weighted by Crippen LogP contribution is -2.30. The van der Waals surface area contributed by atoms with E-state index in [9.17, 15) is 9.59 Å². The van der Waals surface area contributed by atoms with Crippen LogP contribution in [-0.2, 0) is 9.53 Å². The first-order chi connectivity index (χ1) is 7.52. The fourth-order valence-corrected chi connectivity index (χ4v) is 1.48. The van der Waals surface area contributed by atoms with Crippen molar-refractivity contribution in [3.63, 3.8) is 0 Å². The van der Waals surface area contributed by atoms with E-state index in [4.69, 9.17) is 11.6 Å². The first kappa shape index (κ1) is 12.5. The van der Waals surface area contributed by atoms with Gasteiger partial charge >= 0.3 is 5.97 Å². The summed E-state index contributed by atoms with van der Waals surface area (Å²) in [6, 6.07) is 4.98. The third-order valence-electron chi connectivity index (χ3n) is 1.93. The molecule has 0 radical (unpaired) electrons. The number of hydrogen-bond acceptors (Lipinski definition) is 3. The van der Waals surface area contributed by atoms with E-state index in [1.165, 1.54) is 7.11 Å². The van der Waals surface area contributed by atoms with Crippen molar-refractivity contribution in [3.05, 3.63) is 34.3 Å². The van der Waals surface area contributed by atoms with Crippen LogP contribution in [0.4, 0.5) is 0 Å². The molecule has 1 N–H and O–H groups in total. The Bertz CT molecular complexity index is 397. The summed E-state index contributed by atoms with van der Waals surface area (Å²) in [4.78, 5) is 22.4. The van der Waals surface area contributed by atoms with Crippen LogP contribution in [0.2, 0.25) is 5.02 Å². The summed E-state index contributed by atoms with van der Waals surface area (Å²) in [5, 5.41) is 2.92. The van der Waals surface area contributed by atoms with Crippen LogP contribution < -0.4 is 5.32 Å². The number of nitrogens with one attached hydrogen (secondary N) is 1. The molecule has 0 aliphatic rings. The zero-order chi connectivity index (χ0) is 12.1. The standard InChI is InChI=1S/C11H12ClNO3/c1-7-3-8(5-9(12)4-7)11(15)13-6-10(14)16-2/h3-5H,6H2,1-2H3,(H,13,15). The highest BCUT2D eigenvalue weighted by Crippen LogP contribution is 2.14. The number of amides is 1. The number of carbonyl (C=O) groups is 2. The van der Waals surface area contributed by atoms with Crippen LogP contribution in [0.15, 0.2) is 18.2 Å². The van der Waals surface area contributed by atoms with E-state index in [2.05, 4.69) is 10.1 Å². The molecule has 0 spiro atoms. The van der Waals surface area contributed by atoms with Crippen LogP contribution in [0.3, 0.4) is 0 Å². The second-order valence-corrected chi connectivity index (χ2v) is 3.71. The summed E-state index contributed by atoms with van der Waals surface area (Å²) in [6.07, 6.45) is 0. The van der Waals surface area contributed by atoms with Gasteiger partial charge in [-0.2, -0.15) is 0 Å². The molecule has 0 saturated carbocycles. The van der Waals surface area contributed by atoms with Gasteiger partial charge in [0.05, 0.1) is 7.11 Å². The van der Waals surface area contributed by atoms with E-state index < -0.39 is 5.97 Å². The van der Waals surface area contributed by atoms with E-state index in [1.54, 1.807) is 18.2 Å². The largest absolute Gasteiger partial charge is 0.468 e. The van der Waals surface area contributed by atoms with Gasteiger partial charge in [-0.25, -0.2) is 0 Å². The minimum absolute atomic E-state index is 0.152. The maximum Gasteiger partial charge on any atom is 0.325 e. The average Bonchev–Trinajstić information content (AvgIpc) is 2.23. The Morgan fingerprint density at radius 3 is 2.62 bits per heavy atom. The van der Waals surface area contributed by atoms with Gasteiger partial charge in [0.15, 0.2) is 0 Å². The average molecular weight is 242 g/mol. The van der Waals surface area contributed by atoms with Crippen LogP contribution in [0, 0.1) is 6.92 Å². The van der Waals surface area contributed by atoms with Crippen molar-refractivity contribution in [1.29, 1.82) is 0 Å². The Labute approximate surface area is 98.5 Å². The lowest BCUT2D eigenvalue weighted by molar-refractivity contribution is -0.139. The number of methoxy groups -OCH3 is 1. The topological polar surface area (TPSA) is 55.4 Å². The molecule has 0 unspecified atom stereocenters. The molecule has 1 rings (SSSR count). The Kier molecular flexibility index (Phi) is 4.31. The quantitative estimate of drug-likeness (QED) is 0.817. The van der Waals surface area contributed by atoms with Crippen molar-refractivity contribution >= 4 is 23.5 Å². The monoisotopic (exact) mass is 241 g/mol. The third kappa shape index (κ3) is 3.55. The Morgan fingerprint density at radius 1 is 1.38 bits per heavy atom. The number of benzene rings is 1. The number of esters is 1. The van der Waals surface area contributed by atoms with Crippen molar-refractivity contribution < 1.29 is 14.3 Å². The van der Waals surface area contributed by atoms with Gasteiger partial charge in [0.25, 0.3) is 5.91 Å². The molecule has 0 saturated heterocycles. The van der Waals surface area contributed by atoms with Crippen molar-refractivity contribution in [3.8, 4) is 0 Å². The molecule has 0 aliphatic carbocycles. The molecule has 0 aromatic heterocycles. The van der Waals surface area contributed by atoms with Gasteiger partial charge in [-0.05, 0) is 30.7 Å². The van der Waals surface area contributed by atoms with E-state index >= 15 is 0 Å². The van der Waals surface area contributed by atoms with Crippen molar-refractivity contribution in [2.75, 3.05) is 13.7 Å². The summed E-state index contributed by atoms with van der Waals surface area (Å²) >= 11 is 5.81. The first-order valence-corrected chi connectivity index (χ1v) is 5.03. The lowest BCUT2D eigenvalue weighted by atomic mass is 10.1. The van der Waals surface area contributed by atoms with E-state index in [0.29, 0.717) is 10.6 Å². The number of hydrogen-bond donors (Lipinski definition) is 1. The minimum atomic E-state index is -0.493. The molecule has 0 fully saturated rings. The molecular formula is C11H12ClNO3. The zero-order valence-electron chi connectivity index (χ0n) is 9.04. The summed E-state index contributed by atoms with van der Waals surface area (Å²) in [6.45, 7) is 1.68. The van der Waals surface area contributed by atoms with Crippen LogP contribution in [-0.4, -0.2) is 25.5 Å². The molecule has 1 aromatic rings. The molecule has 0 heterocycles. The fourth-order valence-electron chi connectivity index (χ4n) is 1.19. The summed E-state index contributed by atoms with van der Waals surface area (Å²) in [7, 11) is 1.26. The van der Waals surface area contributed by atoms with Crippen LogP contribution in [0.5, 0.6) is 0 Å². The molecule has 1 amide bonds. The predicted octanol–water partition coefficient (Wildman–Crippen LogP) is 1.55. The molecule has 86 valence electrons. The Morgan fingerprint density at radius 2 is 2.06 bits per heavy atom. The second-order valence-electron chi connectivity index (χ2n) is 3.28. The molecule has 4 nitrogen and oxygen atoms in total. The summed E-state index contributed by atoms with van der Waals surface area (Å²) in [5.41, 5.74) is 1.31. The highest BCUT2D eigenvalue weighted by Gasteiger charge is 2.08. The van der Waals surface area contributed by atoms with Gasteiger partial charge in [-0.1, -0.05) is 11.6 Å². The third-order valence-corrected chi connectivity index (χ3v) is 2.14. The van der Waals surface area contributed by atoms with Gasteiger partial charge in [-0.3, -0.25) is 9.59 Å². The number of carbonyl (C=O) groups excluding carboxylic acids is 2. The Balaban J connectivity index is 2.69. The van der Waals surface area contributed by atoms with Gasteiger partial charge in [0, 0.05) is 10.6 Å². The van der Waals surface area contributed by atoms with E-state index in [1.807, 2.05) is 6.92 Å². The predicted molar refractivity (Wildman–Crippen MR) is 60.5 cm³/mol. The first-order valence-electron chi connectivity index (χ1n) is 4.65. The number of aryl methyl sites for hydroxylation is 1. The molecule has 0 aliphatic heterocycles. The molecule has 16 heavy (non-hydrogen) atoms. The van der Waals surface area contributed by atoms with Crippen molar-refractivity contribution in [1.82, 2.24) is 5.32 Å². The number of halogens is 1. The van der Waals surface area contributed by atoms with Crippen LogP contribution in [0.25, 0.3) is 0 Å². The molecular weight excluding hydrogens is 230 g/mol. The van der Waals surface area contributed by atoms with Crippen molar-refractivity contribution in [2.24, 2.45) is 0 Å². The van der Waals surface area contributed by atoms with Gasteiger partial charge in [-0.15, -0.1) is 0 Å². The summed E-state index contributed by atoms with van der Waals surface area (Å²) < 4.78 is 4.40. The molecule has 0 atom stereocenters. The van der Waals surface area contributed by atoms with E-state index in [-0.39, 0.29) is 12.5 Å². The maximum atomic E-state index is 11.6. The molecule has 5 heteroatoms. The zero-order valence-corrected chi connectivity index (χ0v) is 9.80. The van der Waals surface area contributed by atoms with Crippen LogP contribution in [0.1, 0.15) is 15.9 Å².